The molecule has 3 rings (SSSR count). The highest BCUT2D eigenvalue weighted by Crippen LogP contribution is 2.26. The molecule has 0 unspecified atom stereocenters. The van der Waals surface area contributed by atoms with Gasteiger partial charge in [-0.05, 0) is 51.4 Å². The van der Waals surface area contributed by atoms with Crippen LogP contribution in [0.15, 0.2) is 24.3 Å². The predicted octanol–water partition coefficient (Wildman–Crippen LogP) is 2.13. The summed E-state index contributed by atoms with van der Waals surface area (Å²) >= 11 is 0. The number of rotatable bonds is 8. The van der Waals surface area contributed by atoms with Gasteiger partial charge in [-0.15, -0.1) is 0 Å². The van der Waals surface area contributed by atoms with Gasteiger partial charge in [-0.2, -0.15) is 0 Å². The fraction of sp³-hybridized carbons (Fsp3) is 0.682. The van der Waals surface area contributed by atoms with E-state index in [1.165, 1.54) is 18.4 Å². The van der Waals surface area contributed by atoms with Gasteiger partial charge >= 0.3 is 0 Å². The highest BCUT2D eigenvalue weighted by molar-refractivity contribution is 5.78. The van der Waals surface area contributed by atoms with Crippen LogP contribution in [-0.2, 0) is 16.1 Å². The number of hydrogen-bond donors (Lipinski definition) is 1. The van der Waals surface area contributed by atoms with E-state index in [9.17, 15) is 4.79 Å². The summed E-state index contributed by atoms with van der Waals surface area (Å²) in [6.07, 6.45) is 4.46. The first-order valence-corrected chi connectivity index (χ1v) is 10.6. The number of carbonyl (C=O) groups excluding carboxylic acids is 1. The topological polar surface area (TPSA) is 54.0 Å². The largest absolute Gasteiger partial charge is 0.496 e. The van der Waals surface area contributed by atoms with Crippen LogP contribution in [0.1, 0.15) is 31.2 Å². The molecule has 0 saturated carbocycles. The first-order valence-electron chi connectivity index (χ1n) is 10.6. The number of hydrogen-bond acceptors (Lipinski definition) is 5. The summed E-state index contributed by atoms with van der Waals surface area (Å²) in [5.41, 5.74) is 1.26. The third-order valence-electron chi connectivity index (χ3n) is 6.09. The summed E-state index contributed by atoms with van der Waals surface area (Å²) in [7, 11) is 3.40. The standard InChI is InChI=1S/C22H35N3O3/c1-27-15-11-23-22(26)19-7-5-12-25(17-19)20-9-13-24(14-10-20)16-18-6-3-4-8-21(18)28-2/h3-4,6,8,19-20H,5,7,9-17H2,1-2H3,(H,23,26)/t19-/m0/s1. The van der Waals surface area contributed by atoms with Crippen LogP contribution in [0.5, 0.6) is 5.75 Å². The Morgan fingerprint density at radius 1 is 1.14 bits per heavy atom. The number of nitrogens with zero attached hydrogens (tertiary/aromatic N) is 2. The van der Waals surface area contributed by atoms with Crippen LogP contribution < -0.4 is 10.1 Å². The molecule has 1 aromatic rings. The van der Waals surface area contributed by atoms with Crippen molar-refractivity contribution in [3.05, 3.63) is 29.8 Å². The molecule has 6 nitrogen and oxygen atoms in total. The lowest BCUT2D eigenvalue weighted by Gasteiger charge is -2.42. The van der Waals surface area contributed by atoms with Gasteiger partial charge in [0.25, 0.3) is 0 Å². The van der Waals surface area contributed by atoms with Crippen molar-refractivity contribution < 1.29 is 14.3 Å². The fourth-order valence-electron chi connectivity index (χ4n) is 4.49. The van der Waals surface area contributed by atoms with Crippen molar-refractivity contribution in [1.82, 2.24) is 15.1 Å². The Morgan fingerprint density at radius 3 is 2.68 bits per heavy atom. The van der Waals surface area contributed by atoms with Gasteiger partial charge in [0.1, 0.15) is 5.75 Å². The van der Waals surface area contributed by atoms with Crippen LogP contribution in [0, 0.1) is 5.92 Å². The summed E-state index contributed by atoms with van der Waals surface area (Å²) in [6.45, 7) is 6.35. The van der Waals surface area contributed by atoms with Crippen LogP contribution >= 0.6 is 0 Å². The van der Waals surface area contributed by atoms with Crippen molar-refractivity contribution in [2.75, 3.05) is 53.6 Å². The van der Waals surface area contributed by atoms with E-state index in [1.807, 2.05) is 12.1 Å². The van der Waals surface area contributed by atoms with Gasteiger partial charge in [0.15, 0.2) is 0 Å². The summed E-state index contributed by atoms with van der Waals surface area (Å²) in [5, 5.41) is 3.01. The van der Waals surface area contributed by atoms with E-state index in [-0.39, 0.29) is 11.8 Å². The molecule has 156 valence electrons. The maximum Gasteiger partial charge on any atom is 0.224 e. The van der Waals surface area contributed by atoms with E-state index in [1.54, 1.807) is 14.2 Å². The molecule has 2 aliphatic heterocycles. The van der Waals surface area contributed by atoms with Crippen molar-refractivity contribution in [3.8, 4) is 5.75 Å². The maximum absolute atomic E-state index is 12.4. The van der Waals surface area contributed by atoms with Crippen LogP contribution in [0.3, 0.4) is 0 Å². The van der Waals surface area contributed by atoms with E-state index < -0.39 is 0 Å². The second-order valence-corrected chi connectivity index (χ2v) is 7.94. The van der Waals surface area contributed by atoms with Gasteiger partial charge in [-0.3, -0.25) is 14.6 Å². The SMILES string of the molecule is COCCNC(=O)[C@H]1CCCN(C2CCN(Cc3ccccc3OC)CC2)C1. The number of methoxy groups -OCH3 is 2. The second kappa shape index (κ2) is 10.8. The number of para-hydroxylation sites is 1. The Labute approximate surface area is 169 Å². The zero-order valence-electron chi connectivity index (χ0n) is 17.4. The third-order valence-corrected chi connectivity index (χ3v) is 6.09. The minimum absolute atomic E-state index is 0.122. The van der Waals surface area contributed by atoms with Crippen molar-refractivity contribution >= 4 is 5.91 Å². The molecule has 2 fully saturated rings. The van der Waals surface area contributed by atoms with E-state index in [0.29, 0.717) is 19.2 Å². The minimum atomic E-state index is 0.122. The lowest BCUT2D eigenvalue weighted by molar-refractivity contribution is -0.127. The molecule has 1 N–H and O–H groups in total. The Balaban J connectivity index is 1.46. The molecule has 28 heavy (non-hydrogen) atoms. The molecule has 0 aromatic heterocycles. The van der Waals surface area contributed by atoms with Gasteiger partial charge in [0, 0.05) is 38.3 Å². The van der Waals surface area contributed by atoms with Gasteiger partial charge in [-0.25, -0.2) is 0 Å². The molecule has 0 spiro atoms. The second-order valence-electron chi connectivity index (χ2n) is 7.94. The lowest BCUT2D eigenvalue weighted by atomic mass is 9.93. The Kier molecular flexibility index (Phi) is 8.13. The van der Waals surface area contributed by atoms with E-state index in [4.69, 9.17) is 9.47 Å². The zero-order chi connectivity index (χ0) is 19.8. The average Bonchev–Trinajstić information content (AvgIpc) is 2.75. The first-order chi connectivity index (χ1) is 13.7. The first kappa shape index (κ1) is 21.1. The molecule has 1 aromatic carbocycles. The summed E-state index contributed by atoms with van der Waals surface area (Å²) in [6, 6.07) is 8.89. The van der Waals surface area contributed by atoms with E-state index in [0.717, 1.165) is 51.3 Å². The van der Waals surface area contributed by atoms with Gasteiger partial charge in [0.2, 0.25) is 5.91 Å². The Morgan fingerprint density at radius 2 is 1.93 bits per heavy atom. The van der Waals surface area contributed by atoms with Crippen LogP contribution in [0.2, 0.25) is 0 Å². The quantitative estimate of drug-likeness (QED) is 0.691. The summed E-state index contributed by atoms with van der Waals surface area (Å²) < 4.78 is 10.5. The van der Waals surface area contributed by atoms with Crippen molar-refractivity contribution in [1.29, 1.82) is 0 Å². The molecule has 1 atom stereocenters. The zero-order valence-corrected chi connectivity index (χ0v) is 17.4. The Hall–Kier alpha value is -1.63. The van der Waals surface area contributed by atoms with Crippen LogP contribution in [0.4, 0.5) is 0 Å². The maximum atomic E-state index is 12.4. The molecule has 0 bridgehead atoms. The highest BCUT2D eigenvalue weighted by Gasteiger charge is 2.31. The lowest BCUT2D eigenvalue weighted by Crippen LogP contribution is -2.50. The highest BCUT2D eigenvalue weighted by atomic mass is 16.5. The average molecular weight is 390 g/mol. The monoisotopic (exact) mass is 389 g/mol. The molecule has 2 heterocycles. The molecule has 2 saturated heterocycles. The van der Waals surface area contributed by atoms with Crippen molar-refractivity contribution in [2.24, 2.45) is 5.92 Å². The van der Waals surface area contributed by atoms with E-state index in [2.05, 4.69) is 27.2 Å². The normalized spacial score (nSPS) is 22.1. The summed E-state index contributed by atoms with van der Waals surface area (Å²) in [5.74, 6) is 1.29. The molecule has 2 aliphatic rings. The van der Waals surface area contributed by atoms with Crippen molar-refractivity contribution in [3.63, 3.8) is 0 Å². The van der Waals surface area contributed by atoms with Crippen LogP contribution in [0.25, 0.3) is 0 Å². The smallest absolute Gasteiger partial charge is 0.224 e. The number of likely N-dealkylation sites (tertiary alicyclic amines) is 2. The van der Waals surface area contributed by atoms with E-state index >= 15 is 0 Å². The molecular formula is C22H35N3O3. The molecule has 1 amide bonds. The molecule has 0 radical (unpaired) electrons. The molecular weight excluding hydrogens is 354 g/mol. The molecule has 6 heteroatoms. The number of amides is 1. The number of ether oxygens (including phenoxy) is 2. The van der Waals surface area contributed by atoms with Gasteiger partial charge in [0.05, 0.1) is 19.6 Å². The van der Waals surface area contributed by atoms with Gasteiger partial charge in [-0.1, -0.05) is 18.2 Å². The number of piperidine rings is 2. The predicted molar refractivity (Wildman–Crippen MR) is 110 cm³/mol. The van der Waals surface area contributed by atoms with Crippen molar-refractivity contribution in [2.45, 2.75) is 38.3 Å². The third kappa shape index (κ3) is 5.69. The molecule has 0 aliphatic carbocycles. The number of nitrogens with one attached hydrogen (secondary N) is 1. The number of benzene rings is 1. The Bertz CT molecular complexity index is 617. The minimum Gasteiger partial charge on any atom is -0.496 e. The van der Waals surface area contributed by atoms with Gasteiger partial charge < -0.3 is 14.8 Å². The van der Waals surface area contributed by atoms with Crippen LogP contribution in [-0.4, -0.2) is 75.3 Å². The number of carbonyl (C=O) groups is 1. The fourth-order valence-corrected chi connectivity index (χ4v) is 4.49. The summed E-state index contributed by atoms with van der Waals surface area (Å²) in [4.78, 5) is 17.5.